The Kier molecular flexibility index (Phi) is 15.9. The maximum atomic E-state index is 13.9. The van der Waals surface area contributed by atoms with E-state index in [-0.39, 0.29) is 62.3 Å². The highest BCUT2D eigenvalue weighted by Gasteiger charge is 2.26. The van der Waals surface area contributed by atoms with Crippen LogP contribution in [0.4, 0.5) is 11.4 Å². The first kappa shape index (κ1) is 50.3. The molecule has 0 fully saturated rings. The highest BCUT2D eigenvalue weighted by molar-refractivity contribution is 6.08. The SMILES string of the molecule is COc1cc(OC)c(C(=O)Oc2ccc(C(=O)N(C)c3ccc(-c4ccc(N(C)C(=O)c5ccc(OC(=O)c6cc(OC)c(OC)cc6OC)c(OC)c5)c(OC)c4)cc3OC)cc2C#N)cc1OC. The van der Waals surface area contributed by atoms with Gasteiger partial charge in [-0.05, 0) is 71.8 Å². The van der Waals surface area contributed by atoms with E-state index in [0.29, 0.717) is 51.2 Å². The van der Waals surface area contributed by atoms with Gasteiger partial charge in [0.1, 0.15) is 45.9 Å². The third-order valence-electron chi connectivity index (χ3n) is 11.0. The molecule has 0 aliphatic rings. The van der Waals surface area contributed by atoms with Gasteiger partial charge in [0.05, 0.1) is 80.9 Å². The molecule has 70 heavy (non-hydrogen) atoms. The molecule has 6 aromatic carbocycles. The number of rotatable bonds is 18. The summed E-state index contributed by atoms with van der Waals surface area (Å²) < 4.78 is 60.3. The van der Waals surface area contributed by atoms with Crippen molar-refractivity contribution in [3.05, 3.63) is 125 Å². The molecule has 362 valence electrons. The number of anilines is 2. The number of hydrogen-bond donors (Lipinski definition) is 0. The van der Waals surface area contributed by atoms with Crippen LogP contribution in [0.15, 0.2) is 97.1 Å². The molecule has 18 heteroatoms. The molecule has 0 radical (unpaired) electrons. The van der Waals surface area contributed by atoms with Crippen molar-refractivity contribution < 1.29 is 71.3 Å². The Hall–Kier alpha value is -9.11. The Morgan fingerprint density at radius 2 is 0.743 bits per heavy atom. The van der Waals surface area contributed by atoms with Gasteiger partial charge in [-0.3, -0.25) is 9.59 Å². The molecule has 0 unspecified atom stereocenters. The van der Waals surface area contributed by atoms with Gasteiger partial charge < -0.3 is 61.9 Å². The van der Waals surface area contributed by atoms with Crippen LogP contribution in [-0.4, -0.2) is 102 Å². The molecule has 6 rings (SSSR count). The lowest BCUT2D eigenvalue weighted by Crippen LogP contribution is -2.27. The van der Waals surface area contributed by atoms with Gasteiger partial charge in [-0.15, -0.1) is 0 Å². The van der Waals surface area contributed by atoms with Crippen molar-refractivity contribution in [1.29, 1.82) is 5.26 Å². The van der Waals surface area contributed by atoms with E-state index in [1.54, 1.807) is 50.5 Å². The standard InChI is InChI=1S/C52H49N3O15/c1-54(49(56)31-14-18-38(33(20-31)28-53)69-51(58)34-24-45(65-8)47(67-10)26-40(34)60-3)36-16-12-29(21-42(36)62-5)30-13-17-37(43(22-30)63-6)55(2)50(57)32-15-19-39(44(23-32)64-7)70-52(59)35-25-46(66-9)48(68-11)27-41(35)61-4/h12-27H,1-11H3. The Balaban J connectivity index is 1.18. The molecular weight excluding hydrogens is 907 g/mol. The quantitative estimate of drug-likeness (QED) is 0.0588. The summed E-state index contributed by atoms with van der Waals surface area (Å²) in [6.45, 7) is 0. The van der Waals surface area contributed by atoms with Crippen LogP contribution in [0.3, 0.4) is 0 Å². The third-order valence-corrected chi connectivity index (χ3v) is 11.0. The van der Waals surface area contributed by atoms with E-state index in [1.807, 2.05) is 6.07 Å². The molecule has 0 saturated heterocycles. The van der Waals surface area contributed by atoms with E-state index in [0.717, 1.165) is 0 Å². The van der Waals surface area contributed by atoms with Gasteiger partial charge in [0.15, 0.2) is 34.5 Å². The lowest BCUT2D eigenvalue weighted by Gasteiger charge is -2.22. The van der Waals surface area contributed by atoms with Crippen LogP contribution in [-0.2, 0) is 0 Å². The maximum Gasteiger partial charge on any atom is 0.347 e. The van der Waals surface area contributed by atoms with Crippen LogP contribution in [0.5, 0.6) is 63.2 Å². The van der Waals surface area contributed by atoms with Crippen molar-refractivity contribution in [2.45, 2.75) is 0 Å². The predicted molar refractivity (Wildman–Crippen MR) is 257 cm³/mol. The minimum atomic E-state index is -0.829. The van der Waals surface area contributed by atoms with Gasteiger partial charge >= 0.3 is 11.9 Å². The summed E-state index contributed by atoms with van der Waals surface area (Å²) in [7, 11) is 16.0. The van der Waals surface area contributed by atoms with Gasteiger partial charge in [0.25, 0.3) is 11.8 Å². The summed E-state index contributed by atoms with van der Waals surface area (Å²) in [5.74, 6) is -0.0662. The molecule has 2 amide bonds. The number of hydrogen-bond acceptors (Lipinski definition) is 16. The zero-order valence-electron chi connectivity index (χ0n) is 40.2. The van der Waals surface area contributed by atoms with E-state index >= 15 is 0 Å². The molecule has 18 nitrogen and oxygen atoms in total. The summed E-state index contributed by atoms with van der Waals surface area (Å²) in [5, 5.41) is 10.0. The average molecular weight is 956 g/mol. The number of methoxy groups -OCH3 is 9. The zero-order valence-corrected chi connectivity index (χ0v) is 40.2. The third kappa shape index (κ3) is 10.2. The Labute approximate surface area is 403 Å². The van der Waals surface area contributed by atoms with Crippen LogP contribution in [0.25, 0.3) is 11.1 Å². The van der Waals surface area contributed by atoms with E-state index in [1.165, 1.54) is 134 Å². The molecule has 0 spiro atoms. The molecular formula is C52H49N3O15. The fourth-order valence-electron chi connectivity index (χ4n) is 7.29. The number of nitriles is 1. The van der Waals surface area contributed by atoms with Crippen LogP contribution in [0.2, 0.25) is 0 Å². The highest BCUT2D eigenvalue weighted by atomic mass is 16.6. The van der Waals surface area contributed by atoms with Gasteiger partial charge in [-0.1, -0.05) is 12.1 Å². The monoisotopic (exact) mass is 955 g/mol. The Morgan fingerprint density at radius 1 is 0.386 bits per heavy atom. The Morgan fingerprint density at radius 3 is 1.14 bits per heavy atom. The molecule has 0 aromatic heterocycles. The lowest BCUT2D eigenvalue weighted by molar-refractivity contribution is 0.0718. The average Bonchev–Trinajstić information content (AvgIpc) is 3.40. The summed E-state index contributed by atoms with van der Waals surface area (Å²) in [6.07, 6.45) is 0. The fourth-order valence-corrected chi connectivity index (χ4v) is 7.29. The molecule has 0 heterocycles. The van der Waals surface area contributed by atoms with Crippen LogP contribution >= 0.6 is 0 Å². The molecule has 0 N–H and O–H groups in total. The van der Waals surface area contributed by atoms with Crippen molar-refractivity contribution in [2.75, 3.05) is 87.9 Å². The highest BCUT2D eigenvalue weighted by Crippen LogP contribution is 2.40. The maximum absolute atomic E-state index is 13.9. The first-order valence-corrected chi connectivity index (χ1v) is 20.9. The van der Waals surface area contributed by atoms with E-state index < -0.39 is 23.8 Å². The van der Waals surface area contributed by atoms with Crippen molar-refractivity contribution >= 4 is 35.1 Å². The van der Waals surface area contributed by atoms with Crippen LogP contribution in [0, 0.1) is 11.3 Å². The normalized spacial score (nSPS) is 10.4. The van der Waals surface area contributed by atoms with Crippen molar-refractivity contribution in [1.82, 2.24) is 0 Å². The van der Waals surface area contributed by atoms with Crippen LogP contribution < -0.4 is 61.9 Å². The number of amides is 2. The number of carbonyl (C=O) groups is 4. The molecule has 6 aromatic rings. The van der Waals surface area contributed by atoms with Crippen LogP contribution in [0.1, 0.15) is 47.0 Å². The Bertz CT molecular complexity index is 3020. The van der Waals surface area contributed by atoms with Crippen molar-refractivity contribution in [2.24, 2.45) is 0 Å². The fraction of sp³-hybridized carbons (Fsp3) is 0.212. The van der Waals surface area contributed by atoms with Gasteiger partial charge in [0, 0.05) is 49.5 Å². The summed E-state index contributed by atoms with van der Waals surface area (Å²) in [5.41, 5.74) is 2.65. The predicted octanol–water partition coefficient (Wildman–Crippen LogP) is 8.29. The van der Waals surface area contributed by atoms with Crippen molar-refractivity contribution in [3.63, 3.8) is 0 Å². The number of esters is 2. The summed E-state index contributed by atoms with van der Waals surface area (Å²) in [4.78, 5) is 57.2. The minimum Gasteiger partial charge on any atom is -0.496 e. The second-order valence-corrected chi connectivity index (χ2v) is 14.8. The second-order valence-electron chi connectivity index (χ2n) is 14.8. The number of benzene rings is 6. The number of nitrogens with zero attached hydrogens (tertiary/aromatic N) is 3. The van der Waals surface area contributed by atoms with Gasteiger partial charge in [0.2, 0.25) is 0 Å². The first-order chi connectivity index (χ1) is 33.7. The smallest absolute Gasteiger partial charge is 0.347 e. The number of ether oxygens (including phenoxy) is 11. The largest absolute Gasteiger partial charge is 0.496 e. The van der Waals surface area contributed by atoms with E-state index in [9.17, 15) is 24.4 Å². The van der Waals surface area contributed by atoms with Crippen molar-refractivity contribution in [3.8, 4) is 80.4 Å². The minimum absolute atomic E-state index is 0.0233. The molecule has 0 saturated carbocycles. The van der Waals surface area contributed by atoms with Gasteiger partial charge in [-0.2, -0.15) is 5.26 Å². The molecule has 0 aliphatic heterocycles. The summed E-state index contributed by atoms with van der Waals surface area (Å²) in [6, 6.07) is 26.9. The zero-order chi connectivity index (χ0) is 50.8. The molecule has 0 bridgehead atoms. The van der Waals surface area contributed by atoms with E-state index in [4.69, 9.17) is 52.1 Å². The number of carbonyl (C=O) groups excluding carboxylic acids is 4. The second kappa shape index (κ2) is 22.1. The first-order valence-electron chi connectivity index (χ1n) is 20.9. The topological polar surface area (TPSA) is 200 Å². The molecule has 0 atom stereocenters. The summed E-state index contributed by atoms with van der Waals surface area (Å²) >= 11 is 0. The van der Waals surface area contributed by atoms with Gasteiger partial charge in [-0.25, -0.2) is 9.59 Å². The van der Waals surface area contributed by atoms with E-state index in [2.05, 4.69) is 0 Å². The lowest BCUT2D eigenvalue weighted by atomic mass is 10.0. The molecule has 0 aliphatic carbocycles.